The molecule has 0 aromatic heterocycles. The molecule has 0 aromatic rings. The Hall–Kier alpha value is -0.370. The molecule has 1 fully saturated rings. The first kappa shape index (κ1) is 17.7. The molecule has 1 aliphatic heterocycles. The zero-order valence-electron chi connectivity index (χ0n) is 12.2. The van der Waals surface area contributed by atoms with Crippen molar-refractivity contribution in [3.05, 3.63) is 0 Å². The molecule has 7 heteroatoms. The second-order valence-electron chi connectivity index (χ2n) is 5.50. The lowest BCUT2D eigenvalue weighted by Crippen LogP contribution is -2.36. The average Bonchev–Trinajstić information content (AvgIpc) is 2.59. The van der Waals surface area contributed by atoms with E-state index in [9.17, 15) is 13.2 Å². The fraction of sp³-hybridized carbons (Fsp3) is 1.00. The van der Waals surface area contributed by atoms with Crippen molar-refractivity contribution in [3.8, 4) is 0 Å². The summed E-state index contributed by atoms with van der Waals surface area (Å²) in [6, 6.07) is 0. The van der Waals surface area contributed by atoms with E-state index in [-0.39, 0.29) is 6.61 Å². The summed E-state index contributed by atoms with van der Waals surface area (Å²) in [6.45, 7) is 7.15. The van der Waals surface area contributed by atoms with Crippen molar-refractivity contribution in [2.24, 2.45) is 11.7 Å². The highest BCUT2D eigenvalue weighted by molar-refractivity contribution is 4.71. The largest absolute Gasteiger partial charge is 0.411 e. The van der Waals surface area contributed by atoms with Crippen LogP contribution in [0.15, 0.2) is 0 Å². The molecule has 1 aliphatic rings. The minimum atomic E-state index is -4.23. The van der Waals surface area contributed by atoms with Crippen molar-refractivity contribution in [2.45, 2.75) is 19.5 Å². The van der Waals surface area contributed by atoms with Gasteiger partial charge in [-0.15, -0.1) is 0 Å². The van der Waals surface area contributed by atoms with Gasteiger partial charge in [0.2, 0.25) is 0 Å². The van der Waals surface area contributed by atoms with E-state index in [0.717, 1.165) is 39.1 Å². The summed E-state index contributed by atoms with van der Waals surface area (Å²) in [4.78, 5) is 4.55. The Balaban J connectivity index is 2.17. The van der Waals surface area contributed by atoms with Gasteiger partial charge in [-0.1, -0.05) is 6.92 Å². The number of nitrogens with two attached hydrogens (primary N) is 1. The Morgan fingerprint density at radius 3 is 2.45 bits per heavy atom. The van der Waals surface area contributed by atoms with Crippen LogP contribution in [0.3, 0.4) is 0 Å². The summed E-state index contributed by atoms with van der Waals surface area (Å²) in [7, 11) is 0. The lowest BCUT2D eigenvalue weighted by Gasteiger charge is -2.24. The van der Waals surface area contributed by atoms with Crippen LogP contribution >= 0.6 is 0 Å². The minimum Gasteiger partial charge on any atom is -0.371 e. The van der Waals surface area contributed by atoms with Crippen LogP contribution in [0.25, 0.3) is 0 Å². The molecule has 1 rings (SSSR count). The van der Waals surface area contributed by atoms with Gasteiger partial charge in [0.05, 0.1) is 6.61 Å². The van der Waals surface area contributed by atoms with Gasteiger partial charge in [0.15, 0.2) is 0 Å². The van der Waals surface area contributed by atoms with E-state index in [2.05, 4.69) is 21.5 Å². The van der Waals surface area contributed by atoms with Crippen LogP contribution in [-0.4, -0.2) is 75.0 Å². The molecule has 1 unspecified atom stereocenters. The van der Waals surface area contributed by atoms with Gasteiger partial charge in [-0.3, -0.25) is 4.90 Å². The number of ether oxygens (including phenoxy) is 1. The van der Waals surface area contributed by atoms with Crippen molar-refractivity contribution >= 4 is 0 Å². The fourth-order valence-corrected chi connectivity index (χ4v) is 2.33. The molecule has 120 valence electrons. The quantitative estimate of drug-likeness (QED) is 0.716. The monoisotopic (exact) mass is 297 g/mol. The van der Waals surface area contributed by atoms with Crippen LogP contribution < -0.4 is 5.73 Å². The molecule has 1 heterocycles. The first-order chi connectivity index (χ1) is 9.40. The summed E-state index contributed by atoms with van der Waals surface area (Å²) in [6.07, 6.45) is -3.19. The van der Waals surface area contributed by atoms with Crippen LogP contribution in [0.2, 0.25) is 0 Å². The van der Waals surface area contributed by atoms with Crippen molar-refractivity contribution in [2.75, 3.05) is 59.0 Å². The van der Waals surface area contributed by atoms with E-state index in [0.29, 0.717) is 19.0 Å². The van der Waals surface area contributed by atoms with E-state index in [1.165, 1.54) is 0 Å². The van der Waals surface area contributed by atoms with Crippen molar-refractivity contribution in [1.82, 2.24) is 9.80 Å². The van der Waals surface area contributed by atoms with Gasteiger partial charge >= 0.3 is 6.18 Å². The topological polar surface area (TPSA) is 41.7 Å². The van der Waals surface area contributed by atoms with Crippen LogP contribution in [0, 0.1) is 5.92 Å². The Bertz CT molecular complexity index is 264. The molecule has 0 aromatic carbocycles. The van der Waals surface area contributed by atoms with E-state index in [1.54, 1.807) is 0 Å². The van der Waals surface area contributed by atoms with Crippen molar-refractivity contribution in [3.63, 3.8) is 0 Å². The average molecular weight is 297 g/mol. The molecule has 0 spiro atoms. The van der Waals surface area contributed by atoms with Crippen molar-refractivity contribution < 1.29 is 17.9 Å². The normalized spacial score (nSPS) is 20.9. The van der Waals surface area contributed by atoms with Crippen LogP contribution in [0.4, 0.5) is 13.2 Å². The van der Waals surface area contributed by atoms with E-state index in [1.807, 2.05) is 0 Å². The molecule has 1 saturated heterocycles. The van der Waals surface area contributed by atoms with Crippen LogP contribution in [0.1, 0.15) is 13.3 Å². The highest BCUT2D eigenvalue weighted by Crippen LogP contribution is 2.14. The summed E-state index contributed by atoms with van der Waals surface area (Å²) in [5, 5.41) is 0. The standard InChI is InChI=1S/C13H26F3N3O/c1-12(9-17)10-19-4-2-3-18(5-6-19)7-8-20-11-13(14,15)16/h12H,2-11,17H2,1H3. The predicted molar refractivity (Wildman–Crippen MR) is 72.6 cm³/mol. The molecule has 0 bridgehead atoms. The Morgan fingerprint density at radius 2 is 1.80 bits per heavy atom. The first-order valence-electron chi connectivity index (χ1n) is 7.20. The maximum absolute atomic E-state index is 11.9. The number of halogens is 3. The van der Waals surface area contributed by atoms with Gasteiger partial charge in [-0.05, 0) is 32.0 Å². The minimum absolute atomic E-state index is 0.138. The number of hydrogen-bond donors (Lipinski definition) is 1. The van der Waals surface area contributed by atoms with Gasteiger partial charge in [0.25, 0.3) is 0 Å². The lowest BCUT2D eigenvalue weighted by atomic mass is 10.1. The molecule has 4 nitrogen and oxygen atoms in total. The maximum Gasteiger partial charge on any atom is 0.411 e. The van der Waals surface area contributed by atoms with Gasteiger partial charge < -0.3 is 15.4 Å². The molecule has 0 radical (unpaired) electrons. The Morgan fingerprint density at radius 1 is 1.15 bits per heavy atom. The third-order valence-corrected chi connectivity index (χ3v) is 3.47. The highest BCUT2D eigenvalue weighted by Gasteiger charge is 2.27. The van der Waals surface area contributed by atoms with Gasteiger partial charge in [0, 0.05) is 26.2 Å². The van der Waals surface area contributed by atoms with Gasteiger partial charge in [-0.2, -0.15) is 13.2 Å². The summed E-state index contributed by atoms with van der Waals surface area (Å²) < 4.78 is 40.5. The highest BCUT2D eigenvalue weighted by atomic mass is 19.4. The Kier molecular flexibility index (Phi) is 7.79. The Labute approximate surface area is 119 Å². The fourth-order valence-electron chi connectivity index (χ4n) is 2.33. The third kappa shape index (κ3) is 8.04. The lowest BCUT2D eigenvalue weighted by molar-refractivity contribution is -0.174. The molecular weight excluding hydrogens is 271 g/mol. The summed E-state index contributed by atoms with van der Waals surface area (Å²) in [5.41, 5.74) is 5.63. The SMILES string of the molecule is CC(CN)CN1CCCN(CCOCC(F)(F)F)CC1. The molecule has 0 saturated carbocycles. The molecule has 0 amide bonds. The number of hydrogen-bond acceptors (Lipinski definition) is 4. The maximum atomic E-state index is 11.9. The smallest absolute Gasteiger partial charge is 0.371 e. The second-order valence-corrected chi connectivity index (χ2v) is 5.50. The van der Waals surface area contributed by atoms with Gasteiger partial charge in [-0.25, -0.2) is 0 Å². The molecule has 1 atom stereocenters. The zero-order chi connectivity index (χ0) is 15.0. The van der Waals surface area contributed by atoms with Crippen LogP contribution in [0.5, 0.6) is 0 Å². The second kappa shape index (κ2) is 8.81. The number of rotatable bonds is 7. The first-order valence-corrected chi connectivity index (χ1v) is 7.20. The molecular formula is C13H26F3N3O. The van der Waals surface area contributed by atoms with E-state index < -0.39 is 12.8 Å². The van der Waals surface area contributed by atoms with Gasteiger partial charge in [0.1, 0.15) is 6.61 Å². The van der Waals surface area contributed by atoms with E-state index in [4.69, 9.17) is 5.73 Å². The molecule has 20 heavy (non-hydrogen) atoms. The molecule has 2 N–H and O–H groups in total. The number of nitrogens with zero attached hydrogens (tertiary/aromatic N) is 2. The summed E-state index contributed by atoms with van der Waals surface area (Å²) in [5.74, 6) is 0.483. The predicted octanol–water partition coefficient (Wildman–Crippen LogP) is 1.17. The number of alkyl halides is 3. The van der Waals surface area contributed by atoms with Crippen LogP contribution in [-0.2, 0) is 4.74 Å². The van der Waals surface area contributed by atoms with E-state index >= 15 is 0 Å². The van der Waals surface area contributed by atoms with Crippen molar-refractivity contribution in [1.29, 1.82) is 0 Å². The third-order valence-electron chi connectivity index (χ3n) is 3.47. The summed E-state index contributed by atoms with van der Waals surface area (Å²) >= 11 is 0. The zero-order valence-corrected chi connectivity index (χ0v) is 12.2. The molecule has 0 aliphatic carbocycles.